The van der Waals surface area contributed by atoms with Crippen LogP contribution in [0.4, 0.5) is 0 Å². The van der Waals surface area contributed by atoms with Crippen LogP contribution in [0.15, 0.2) is 42.5 Å². The minimum Gasteiger partial charge on any atom is -0.493 e. The van der Waals surface area contributed by atoms with Crippen LogP contribution in [0.3, 0.4) is 0 Å². The van der Waals surface area contributed by atoms with Crippen LogP contribution >= 0.6 is 0 Å². The first-order valence-corrected chi connectivity index (χ1v) is 11.0. The van der Waals surface area contributed by atoms with Gasteiger partial charge < -0.3 is 20.1 Å². The van der Waals surface area contributed by atoms with Gasteiger partial charge in [0.05, 0.1) is 7.11 Å². The number of nitrogens with one attached hydrogen (secondary N) is 3. The summed E-state index contributed by atoms with van der Waals surface area (Å²) < 4.78 is 11.2. The molecule has 0 bridgehead atoms. The lowest BCUT2D eigenvalue weighted by atomic mass is 9.96. The van der Waals surface area contributed by atoms with E-state index in [9.17, 15) is 9.59 Å². The number of benzene rings is 1. The molecule has 3 N–H and O–H groups in total. The van der Waals surface area contributed by atoms with Crippen LogP contribution in [0, 0.1) is 0 Å². The van der Waals surface area contributed by atoms with E-state index in [1.54, 1.807) is 20.1 Å². The Hall–Kier alpha value is -2.80. The van der Waals surface area contributed by atoms with Crippen molar-refractivity contribution in [3.8, 4) is 11.5 Å². The second-order valence-corrected chi connectivity index (χ2v) is 9.17. The van der Waals surface area contributed by atoms with Crippen molar-refractivity contribution >= 4 is 11.8 Å². The van der Waals surface area contributed by atoms with E-state index < -0.39 is 6.10 Å². The van der Waals surface area contributed by atoms with Crippen molar-refractivity contribution in [1.82, 2.24) is 16.0 Å². The van der Waals surface area contributed by atoms with Gasteiger partial charge >= 0.3 is 0 Å². The molecule has 0 radical (unpaired) electrons. The van der Waals surface area contributed by atoms with Gasteiger partial charge in [0.15, 0.2) is 17.6 Å². The number of amides is 2. The summed E-state index contributed by atoms with van der Waals surface area (Å²) in [5.41, 5.74) is 1.20. The van der Waals surface area contributed by atoms with E-state index in [-0.39, 0.29) is 22.9 Å². The van der Waals surface area contributed by atoms with E-state index >= 15 is 0 Å². The lowest BCUT2D eigenvalue weighted by Gasteiger charge is -2.27. The number of carbonyl (C=O) groups excluding carboxylic acids is 2. The SMILES string of the molecule is C=CCc1ccc(OC(C)C(=O)NCCCNC(=O)C2=CC(C)(C)NC2(C)C)c(OC)c1. The normalized spacial score (nSPS) is 17.1. The molecule has 0 aromatic heterocycles. The van der Waals surface area contributed by atoms with Crippen molar-refractivity contribution in [2.45, 2.75) is 64.6 Å². The van der Waals surface area contributed by atoms with Crippen molar-refractivity contribution in [3.63, 3.8) is 0 Å². The molecule has 1 aromatic carbocycles. The van der Waals surface area contributed by atoms with Gasteiger partial charge in [0.1, 0.15) is 0 Å². The zero-order valence-corrected chi connectivity index (χ0v) is 20.1. The summed E-state index contributed by atoms with van der Waals surface area (Å²) in [6, 6.07) is 5.60. The van der Waals surface area contributed by atoms with Gasteiger partial charge in [-0.3, -0.25) is 14.9 Å². The number of ether oxygens (including phenoxy) is 2. The van der Waals surface area contributed by atoms with E-state index in [1.165, 1.54) is 0 Å². The average Bonchev–Trinajstić information content (AvgIpc) is 2.95. The van der Waals surface area contributed by atoms with Crippen LogP contribution in [0.25, 0.3) is 0 Å². The van der Waals surface area contributed by atoms with Crippen LogP contribution in [0.2, 0.25) is 0 Å². The summed E-state index contributed by atoms with van der Waals surface area (Å²) in [6.07, 6.45) is 4.46. The van der Waals surface area contributed by atoms with Crippen LogP contribution < -0.4 is 25.4 Å². The first-order valence-electron chi connectivity index (χ1n) is 11.0. The molecule has 1 aliphatic heterocycles. The Labute approximate surface area is 191 Å². The molecular weight excluding hydrogens is 406 g/mol. The summed E-state index contributed by atoms with van der Waals surface area (Å²) in [6.45, 7) is 14.4. The molecule has 1 aromatic rings. The van der Waals surface area contributed by atoms with Crippen molar-refractivity contribution < 1.29 is 19.1 Å². The number of hydrogen-bond acceptors (Lipinski definition) is 5. The number of carbonyl (C=O) groups is 2. The molecule has 1 unspecified atom stereocenters. The van der Waals surface area contributed by atoms with Gasteiger partial charge in [-0.25, -0.2) is 0 Å². The van der Waals surface area contributed by atoms with Gasteiger partial charge in [0, 0.05) is 29.7 Å². The highest BCUT2D eigenvalue weighted by molar-refractivity contribution is 5.96. The molecule has 2 rings (SSSR count). The molecule has 0 saturated carbocycles. The maximum atomic E-state index is 12.5. The van der Waals surface area contributed by atoms with Gasteiger partial charge in [0.25, 0.3) is 5.91 Å². The van der Waals surface area contributed by atoms with E-state index in [0.29, 0.717) is 31.0 Å². The average molecular weight is 444 g/mol. The third-order valence-electron chi connectivity index (χ3n) is 5.28. The zero-order valence-electron chi connectivity index (χ0n) is 20.1. The van der Waals surface area contributed by atoms with Crippen LogP contribution in [-0.4, -0.2) is 49.2 Å². The minimum atomic E-state index is -0.679. The van der Waals surface area contributed by atoms with Crippen molar-refractivity contribution in [3.05, 3.63) is 48.1 Å². The highest BCUT2D eigenvalue weighted by Crippen LogP contribution is 2.30. The maximum Gasteiger partial charge on any atom is 0.260 e. The van der Waals surface area contributed by atoms with Crippen LogP contribution in [0.1, 0.15) is 46.6 Å². The Kier molecular flexibility index (Phi) is 8.50. The van der Waals surface area contributed by atoms with Gasteiger partial charge in [-0.2, -0.15) is 0 Å². The predicted octanol–water partition coefficient (Wildman–Crippen LogP) is 2.90. The second-order valence-electron chi connectivity index (χ2n) is 9.17. The van der Waals surface area contributed by atoms with Gasteiger partial charge in [-0.05, 0) is 65.2 Å². The Morgan fingerprint density at radius 2 is 1.84 bits per heavy atom. The van der Waals surface area contributed by atoms with Crippen molar-refractivity contribution in [2.75, 3.05) is 20.2 Å². The highest BCUT2D eigenvalue weighted by atomic mass is 16.5. The standard InChI is InChI=1S/C25H37N3O4/c1-8-10-18-11-12-20(21(15-18)31-7)32-17(2)22(29)26-13-9-14-27-23(30)19-16-24(3,4)28-25(19,5)6/h8,11-12,15-17,28H,1,9-10,13-14H2,2-7H3,(H,26,29)(H,27,30). The fraction of sp³-hybridized carbons (Fsp3) is 0.520. The molecule has 1 heterocycles. The smallest absolute Gasteiger partial charge is 0.260 e. The van der Waals surface area contributed by atoms with Gasteiger partial charge in [-0.15, -0.1) is 6.58 Å². The molecule has 0 saturated heterocycles. The third-order valence-corrected chi connectivity index (χ3v) is 5.28. The lowest BCUT2D eigenvalue weighted by molar-refractivity contribution is -0.127. The number of rotatable bonds is 11. The van der Waals surface area contributed by atoms with Gasteiger partial charge in [-0.1, -0.05) is 18.2 Å². The Bertz CT molecular complexity index is 874. The molecule has 176 valence electrons. The monoisotopic (exact) mass is 443 g/mol. The second kappa shape index (κ2) is 10.7. The zero-order chi connectivity index (χ0) is 23.9. The quantitative estimate of drug-likeness (QED) is 0.362. The summed E-state index contributed by atoms with van der Waals surface area (Å²) in [5.74, 6) is 0.787. The summed E-state index contributed by atoms with van der Waals surface area (Å²) >= 11 is 0. The summed E-state index contributed by atoms with van der Waals surface area (Å²) in [4.78, 5) is 24.9. The summed E-state index contributed by atoms with van der Waals surface area (Å²) in [7, 11) is 1.57. The minimum absolute atomic E-state index is 0.0805. The molecule has 1 atom stereocenters. The Morgan fingerprint density at radius 1 is 1.16 bits per heavy atom. The first-order chi connectivity index (χ1) is 15.0. The van der Waals surface area contributed by atoms with E-state index in [1.807, 2.05) is 52.0 Å². The Balaban J connectivity index is 1.76. The first kappa shape index (κ1) is 25.5. The van der Waals surface area contributed by atoms with Crippen LogP contribution in [-0.2, 0) is 16.0 Å². The number of hydrogen-bond donors (Lipinski definition) is 3. The largest absolute Gasteiger partial charge is 0.493 e. The van der Waals surface area contributed by atoms with E-state index in [0.717, 1.165) is 17.6 Å². The van der Waals surface area contributed by atoms with Gasteiger partial charge in [0.2, 0.25) is 5.91 Å². The highest BCUT2D eigenvalue weighted by Gasteiger charge is 2.39. The molecular formula is C25H37N3O4. The topological polar surface area (TPSA) is 88.7 Å². The maximum absolute atomic E-state index is 12.5. The van der Waals surface area contributed by atoms with E-state index in [2.05, 4.69) is 22.5 Å². The molecule has 0 spiro atoms. The molecule has 1 aliphatic rings. The molecule has 2 amide bonds. The predicted molar refractivity (Wildman–Crippen MR) is 127 cm³/mol. The fourth-order valence-electron chi connectivity index (χ4n) is 3.89. The van der Waals surface area contributed by atoms with E-state index in [4.69, 9.17) is 9.47 Å². The molecule has 0 aliphatic carbocycles. The Morgan fingerprint density at radius 3 is 2.44 bits per heavy atom. The number of methoxy groups -OCH3 is 1. The molecule has 7 nitrogen and oxygen atoms in total. The molecule has 0 fully saturated rings. The molecule has 7 heteroatoms. The van der Waals surface area contributed by atoms with Crippen LogP contribution in [0.5, 0.6) is 11.5 Å². The number of allylic oxidation sites excluding steroid dienone is 1. The third kappa shape index (κ3) is 6.85. The summed E-state index contributed by atoms with van der Waals surface area (Å²) in [5, 5.41) is 9.22. The van der Waals surface area contributed by atoms with Crippen molar-refractivity contribution in [1.29, 1.82) is 0 Å². The lowest BCUT2D eigenvalue weighted by Crippen LogP contribution is -2.47. The molecule has 32 heavy (non-hydrogen) atoms. The fourth-order valence-corrected chi connectivity index (χ4v) is 3.89. The van der Waals surface area contributed by atoms with Crippen molar-refractivity contribution in [2.24, 2.45) is 0 Å².